The molecule has 0 aliphatic rings. The molecule has 0 saturated carbocycles. The molecule has 0 rings (SSSR count). The van der Waals surface area contributed by atoms with Crippen LogP contribution in [-0.2, 0) is 13.9 Å². The van der Waals surface area contributed by atoms with Crippen molar-refractivity contribution in [1.82, 2.24) is 6.15 Å². The Kier molecular flexibility index (Phi) is 10.0. The third-order valence-electron chi connectivity index (χ3n) is 1.62. The Hall–Kier alpha value is -0.420. The lowest BCUT2D eigenvalue weighted by molar-refractivity contribution is -0.301. The van der Waals surface area contributed by atoms with Crippen LogP contribution in [0.1, 0.15) is 32.6 Å². The van der Waals surface area contributed by atoms with Crippen LogP contribution in [-0.4, -0.2) is 23.6 Å². The van der Waals surface area contributed by atoms with Crippen molar-refractivity contribution in [2.45, 2.75) is 32.6 Å². The molecular weight excluding hydrogens is 221 g/mol. The molecule has 0 aliphatic carbocycles. The number of rotatable bonds is 8. The molecule has 0 radical (unpaired) electrons. The first-order valence-corrected chi connectivity index (χ1v) is 6.40. The topological polar surface area (TPSA) is 123 Å². The molecule has 5 N–H and O–H groups in total. The van der Waals surface area contributed by atoms with Crippen molar-refractivity contribution >= 4 is 13.6 Å². The summed E-state index contributed by atoms with van der Waals surface area (Å²) >= 11 is 0. The Morgan fingerprint density at radius 3 is 2.47 bits per heavy atom. The summed E-state index contributed by atoms with van der Waals surface area (Å²) in [5, 5.41) is 10.0. The molecule has 0 aliphatic heterocycles. The minimum atomic E-state index is -3.96. The Bertz CT molecular complexity index is 221. The number of unbranched alkanes of at least 4 members (excludes halogenated alkanes) is 3. The minimum Gasteiger partial charge on any atom is -0.549 e. The molecule has 15 heavy (non-hydrogen) atoms. The summed E-state index contributed by atoms with van der Waals surface area (Å²) in [6.07, 6.45) is 2.77. The van der Waals surface area contributed by atoms with Gasteiger partial charge in [0, 0.05) is 0 Å². The van der Waals surface area contributed by atoms with Crippen molar-refractivity contribution < 1.29 is 23.9 Å². The average molecular weight is 241 g/mol. The SMILES string of the molecule is CCCCCCOP(=O)(O)CC(=O)[O-].[NH4+]. The highest BCUT2D eigenvalue weighted by molar-refractivity contribution is 7.53. The van der Waals surface area contributed by atoms with E-state index in [2.05, 4.69) is 4.52 Å². The number of carbonyl (C=O) groups is 1. The molecule has 0 fully saturated rings. The van der Waals surface area contributed by atoms with Crippen LogP contribution in [0.2, 0.25) is 0 Å². The lowest BCUT2D eigenvalue weighted by Gasteiger charge is -2.12. The molecule has 0 aromatic carbocycles. The summed E-state index contributed by atoms with van der Waals surface area (Å²) in [4.78, 5) is 19.0. The molecule has 92 valence electrons. The monoisotopic (exact) mass is 241 g/mol. The maximum atomic E-state index is 11.0. The van der Waals surface area contributed by atoms with Crippen LogP contribution in [0.25, 0.3) is 0 Å². The van der Waals surface area contributed by atoms with Crippen molar-refractivity contribution in [3.63, 3.8) is 0 Å². The van der Waals surface area contributed by atoms with Gasteiger partial charge in [-0.25, -0.2) is 0 Å². The van der Waals surface area contributed by atoms with E-state index in [0.29, 0.717) is 6.42 Å². The fourth-order valence-corrected chi connectivity index (χ4v) is 1.78. The summed E-state index contributed by atoms with van der Waals surface area (Å²) in [7, 11) is -3.96. The quantitative estimate of drug-likeness (QED) is 0.482. The normalized spacial score (nSPS) is 14.0. The Morgan fingerprint density at radius 2 is 2.00 bits per heavy atom. The van der Waals surface area contributed by atoms with Gasteiger partial charge in [-0.05, 0) is 6.42 Å². The van der Waals surface area contributed by atoms with E-state index < -0.39 is 19.7 Å². The lowest BCUT2D eigenvalue weighted by Crippen LogP contribution is -2.26. The molecule has 0 spiro atoms. The van der Waals surface area contributed by atoms with E-state index in [0.717, 1.165) is 19.3 Å². The Morgan fingerprint density at radius 1 is 1.40 bits per heavy atom. The maximum absolute atomic E-state index is 11.0. The third kappa shape index (κ3) is 11.5. The highest BCUT2D eigenvalue weighted by Crippen LogP contribution is 2.41. The van der Waals surface area contributed by atoms with Crippen LogP contribution in [0, 0.1) is 0 Å². The summed E-state index contributed by atoms with van der Waals surface area (Å²) in [6, 6.07) is 0. The molecule has 0 aromatic heterocycles. The number of hydrogen-bond acceptors (Lipinski definition) is 4. The molecule has 1 unspecified atom stereocenters. The van der Waals surface area contributed by atoms with E-state index in [-0.39, 0.29) is 12.8 Å². The van der Waals surface area contributed by atoms with Crippen molar-refractivity contribution in [2.75, 3.05) is 12.8 Å². The zero-order chi connectivity index (χ0) is 11.0. The Balaban J connectivity index is 0. The highest BCUT2D eigenvalue weighted by Gasteiger charge is 2.18. The van der Waals surface area contributed by atoms with Crippen molar-refractivity contribution in [3.8, 4) is 0 Å². The van der Waals surface area contributed by atoms with Gasteiger partial charge in [-0.15, -0.1) is 0 Å². The van der Waals surface area contributed by atoms with Gasteiger partial charge >= 0.3 is 7.60 Å². The molecule has 0 aromatic rings. The first kappa shape index (κ1) is 17.0. The van der Waals surface area contributed by atoms with Gasteiger partial charge in [0.2, 0.25) is 0 Å². The van der Waals surface area contributed by atoms with E-state index in [1.54, 1.807) is 0 Å². The van der Waals surface area contributed by atoms with Gasteiger partial charge in [0.25, 0.3) is 0 Å². The first-order valence-electron chi connectivity index (χ1n) is 4.64. The maximum Gasteiger partial charge on any atom is 0.333 e. The molecule has 0 heterocycles. The number of carbonyl (C=O) groups excluding carboxylic acids is 1. The summed E-state index contributed by atoms with van der Waals surface area (Å²) in [6.45, 7) is 2.18. The van der Waals surface area contributed by atoms with E-state index >= 15 is 0 Å². The smallest absolute Gasteiger partial charge is 0.333 e. The second kappa shape index (κ2) is 8.85. The number of quaternary nitrogens is 1. The van der Waals surface area contributed by atoms with Crippen LogP contribution < -0.4 is 11.3 Å². The minimum absolute atomic E-state index is 0. The Labute approximate surface area is 89.8 Å². The zero-order valence-corrected chi connectivity index (χ0v) is 10.2. The largest absolute Gasteiger partial charge is 0.549 e. The van der Waals surface area contributed by atoms with Crippen LogP contribution in [0.15, 0.2) is 0 Å². The van der Waals surface area contributed by atoms with Crippen LogP contribution in [0.4, 0.5) is 0 Å². The summed E-state index contributed by atoms with van der Waals surface area (Å²) in [5.74, 6) is -1.57. The van der Waals surface area contributed by atoms with Crippen LogP contribution >= 0.6 is 7.60 Å². The predicted octanol–water partition coefficient (Wildman–Crippen LogP) is 0.895. The molecule has 0 amide bonds. The lowest BCUT2D eigenvalue weighted by atomic mass is 10.2. The number of hydrogen-bond donors (Lipinski definition) is 2. The predicted molar refractivity (Wildman–Crippen MR) is 55.8 cm³/mol. The van der Waals surface area contributed by atoms with Gasteiger partial charge in [0.1, 0.15) is 0 Å². The van der Waals surface area contributed by atoms with E-state index in [1.165, 1.54) is 0 Å². The van der Waals surface area contributed by atoms with Crippen LogP contribution in [0.3, 0.4) is 0 Å². The van der Waals surface area contributed by atoms with Gasteiger partial charge in [0.15, 0.2) is 0 Å². The van der Waals surface area contributed by atoms with E-state index in [4.69, 9.17) is 4.89 Å². The van der Waals surface area contributed by atoms with Gasteiger partial charge in [-0.3, -0.25) is 4.57 Å². The van der Waals surface area contributed by atoms with Gasteiger partial charge < -0.3 is 25.5 Å². The average Bonchev–Trinajstić information content (AvgIpc) is 2.01. The fourth-order valence-electron chi connectivity index (χ4n) is 0.945. The van der Waals surface area contributed by atoms with Crippen molar-refractivity contribution in [1.29, 1.82) is 0 Å². The van der Waals surface area contributed by atoms with Gasteiger partial charge in [-0.2, -0.15) is 0 Å². The fraction of sp³-hybridized carbons (Fsp3) is 0.875. The van der Waals surface area contributed by atoms with Gasteiger partial charge in [-0.1, -0.05) is 26.2 Å². The van der Waals surface area contributed by atoms with Crippen molar-refractivity contribution in [3.05, 3.63) is 0 Å². The molecule has 7 heteroatoms. The van der Waals surface area contributed by atoms with Gasteiger partial charge in [0.05, 0.1) is 18.7 Å². The standard InChI is InChI=1S/C8H17O5P.H3N/c1-2-3-4-5-6-13-14(11,12)7-8(9)10;/h2-7H2,1H3,(H,9,10)(H,11,12);1H3. The number of aliphatic carboxylic acids is 1. The molecule has 0 bridgehead atoms. The number of carboxylic acid groups (broad SMARTS) is 1. The third-order valence-corrected chi connectivity index (χ3v) is 2.86. The molecule has 6 nitrogen and oxygen atoms in total. The first-order chi connectivity index (χ1) is 6.48. The highest BCUT2D eigenvalue weighted by atomic mass is 31.2. The second-order valence-electron chi connectivity index (χ2n) is 3.06. The summed E-state index contributed by atoms with van der Waals surface area (Å²) < 4.78 is 15.5. The van der Waals surface area contributed by atoms with Crippen molar-refractivity contribution in [2.24, 2.45) is 0 Å². The second-order valence-corrected chi connectivity index (χ2v) is 4.91. The molecule has 1 atom stereocenters. The van der Waals surface area contributed by atoms with Crippen LogP contribution in [0.5, 0.6) is 0 Å². The zero-order valence-electron chi connectivity index (χ0n) is 9.27. The molecular formula is C8H20NO5P. The van der Waals surface area contributed by atoms with E-state index in [9.17, 15) is 14.5 Å². The number of carboxylic acids is 1. The molecule has 0 saturated heterocycles. The summed E-state index contributed by atoms with van der Waals surface area (Å²) in [5.41, 5.74) is 0. The van der Waals surface area contributed by atoms with E-state index in [1.807, 2.05) is 6.92 Å².